The van der Waals surface area contributed by atoms with Crippen LogP contribution in [0.3, 0.4) is 0 Å². The van der Waals surface area contributed by atoms with E-state index < -0.39 is 41.4 Å². The second-order valence-electron chi connectivity index (χ2n) is 5.88. The quantitative estimate of drug-likeness (QED) is 0.410. The van der Waals surface area contributed by atoms with Gasteiger partial charge in [0.05, 0.1) is 15.2 Å². The van der Waals surface area contributed by atoms with Gasteiger partial charge in [0.1, 0.15) is 17.9 Å². The third-order valence-electron chi connectivity index (χ3n) is 4.19. The van der Waals surface area contributed by atoms with Crippen molar-refractivity contribution < 1.29 is 27.5 Å². The van der Waals surface area contributed by atoms with Crippen LogP contribution in [0, 0.1) is 23.4 Å². The maximum Gasteiger partial charge on any atom is 0.323 e. The largest absolute Gasteiger partial charge is 0.480 e. The molecule has 9 heteroatoms. The van der Waals surface area contributed by atoms with E-state index in [1.54, 1.807) is 24.3 Å². The minimum absolute atomic E-state index is 0.112. The van der Waals surface area contributed by atoms with Crippen molar-refractivity contribution in [1.82, 2.24) is 9.55 Å². The van der Waals surface area contributed by atoms with E-state index in [-0.39, 0.29) is 21.7 Å². The molecule has 0 saturated carbocycles. The van der Waals surface area contributed by atoms with Gasteiger partial charge in [-0.1, -0.05) is 18.2 Å². The van der Waals surface area contributed by atoms with Crippen LogP contribution in [0.4, 0.5) is 17.6 Å². The zero-order valence-electron chi connectivity index (χ0n) is 13.5. The number of aromatic nitrogens is 2. The van der Waals surface area contributed by atoms with Crippen LogP contribution >= 0.6 is 11.3 Å². The smallest absolute Gasteiger partial charge is 0.323 e. The van der Waals surface area contributed by atoms with Crippen molar-refractivity contribution in [3.05, 3.63) is 64.3 Å². The molecule has 4 aromatic rings. The summed E-state index contributed by atoms with van der Waals surface area (Å²) < 4.78 is 56.9. The Morgan fingerprint density at radius 3 is 2.63 bits per heavy atom. The third-order valence-corrected chi connectivity index (χ3v) is 5.25. The molecule has 0 atom stereocenters. The average molecular weight is 394 g/mol. The molecule has 27 heavy (non-hydrogen) atoms. The van der Waals surface area contributed by atoms with Gasteiger partial charge in [-0.3, -0.25) is 4.79 Å². The summed E-state index contributed by atoms with van der Waals surface area (Å²) in [4.78, 5) is 15.0. The summed E-state index contributed by atoms with van der Waals surface area (Å²) in [5.74, 6) is -5.52. The van der Waals surface area contributed by atoms with E-state index in [0.717, 1.165) is 15.9 Å². The Kier molecular flexibility index (Phi) is 4.11. The molecule has 0 bridgehead atoms. The zero-order valence-corrected chi connectivity index (χ0v) is 14.3. The van der Waals surface area contributed by atoms with Gasteiger partial charge < -0.3 is 9.67 Å². The summed E-state index contributed by atoms with van der Waals surface area (Å²) in [6, 6.07) is 6.97. The molecule has 0 saturated heterocycles. The first-order chi connectivity index (χ1) is 12.9. The summed E-state index contributed by atoms with van der Waals surface area (Å²) in [5.41, 5.74) is 0.103. The first-order valence-electron chi connectivity index (χ1n) is 7.77. The molecule has 0 amide bonds. The fraction of sp³-hybridized carbons (Fsp3) is 0.111. The number of nitrogens with zero attached hydrogens (tertiary/aromatic N) is 2. The van der Waals surface area contributed by atoms with E-state index in [1.165, 1.54) is 0 Å². The molecule has 0 aliphatic carbocycles. The van der Waals surface area contributed by atoms with Gasteiger partial charge in [-0.25, -0.2) is 18.2 Å². The molecule has 2 aromatic carbocycles. The molecular formula is C18H10F4N2O2S. The lowest BCUT2D eigenvalue weighted by atomic mass is 10.1. The van der Waals surface area contributed by atoms with Crippen molar-refractivity contribution in [1.29, 1.82) is 0 Å². The maximum absolute atomic E-state index is 14.9. The monoisotopic (exact) mass is 394 g/mol. The van der Waals surface area contributed by atoms with E-state index in [9.17, 15) is 22.4 Å². The highest BCUT2D eigenvalue weighted by atomic mass is 32.1. The molecule has 4 nitrogen and oxygen atoms in total. The number of carbonyl (C=O) groups is 1. The number of para-hydroxylation sites is 1. The molecule has 0 aliphatic rings. The van der Waals surface area contributed by atoms with Gasteiger partial charge in [0, 0.05) is 23.4 Å². The van der Waals surface area contributed by atoms with Crippen molar-refractivity contribution in [3.8, 4) is 0 Å². The Balaban J connectivity index is 1.86. The highest BCUT2D eigenvalue weighted by Crippen LogP contribution is 2.33. The van der Waals surface area contributed by atoms with Gasteiger partial charge in [0.2, 0.25) is 0 Å². The van der Waals surface area contributed by atoms with Crippen LogP contribution in [-0.2, 0) is 17.8 Å². The standard InChI is InChI=1S/C18H10F4N2O2S/c19-10-6-11(20)17-16(15(10)21)23-13(27-17)5-9-8-3-1-2-4-12(8)24(18(9)22)7-14(25)26/h1-4,6H,5,7H2,(H,25,26). The lowest BCUT2D eigenvalue weighted by Crippen LogP contribution is -2.10. The predicted molar refractivity (Wildman–Crippen MR) is 91.8 cm³/mol. The number of halogens is 4. The minimum Gasteiger partial charge on any atom is -0.480 e. The maximum atomic E-state index is 14.9. The number of carboxylic acids is 1. The summed E-state index contributed by atoms with van der Waals surface area (Å²) >= 11 is 0.797. The van der Waals surface area contributed by atoms with Gasteiger partial charge >= 0.3 is 5.97 Å². The van der Waals surface area contributed by atoms with Crippen molar-refractivity contribution in [2.24, 2.45) is 0 Å². The summed E-state index contributed by atoms with van der Waals surface area (Å²) in [6.07, 6.45) is -0.112. The normalized spacial score (nSPS) is 11.6. The lowest BCUT2D eigenvalue weighted by molar-refractivity contribution is -0.137. The molecule has 4 rings (SSSR count). The Labute approximate surface area is 153 Å². The van der Waals surface area contributed by atoms with Crippen LogP contribution in [0.15, 0.2) is 30.3 Å². The Bertz CT molecular complexity index is 1220. The predicted octanol–water partition coefficient (Wildman–Crippen LogP) is 4.48. The minimum atomic E-state index is -1.35. The highest BCUT2D eigenvalue weighted by molar-refractivity contribution is 7.18. The van der Waals surface area contributed by atoms with Crippen LogP contribution in [0.5, 0.6) is 0 Å². The summed E-state index contributed by atoms with van der Waals surface area (Å²) in [7, 11) is 0. The zero-order chi connectivity index (χ0) is 19.3. The van der Waals surface area contributed by atoms with Crippen LogP contribution in [0.2, 0.25) is 0 Å². The molecule has 1 N–H and O–H groups in total. The van der Waals surface area contributed by atoms with Crippen molar-refractivity contribution >= 4 is 38.4 Å². The van der Waals surface area contributed by atoms with Gasteiger partial charge in [-0.2, -0.15) is 4.39 Å². The number of rotatable bonds is 4. The molecule has 2 aromatic heterocycles. The van der Waals surface area contributed by atoms with Gasteiger partial charge in [-0.15, -0.1) is 11.3 Å². The molecule has 0 aliphatic heterocycles. The molecule has 0 radical (unpaired) electrons. The average Bonchev–Trinajstić information content (AvgIpc) is 3.16. The second-order valence-corrected chi connectivity index (χ2v) is 6.97. The molecule has 2 heterocycles. The number of thiazole rings is 1. The lowest BCUT2D eigenvalue weighted by Gasteiger charge is -2.01. The summed E-state index contributed by atoms with van der Waals surface area (Å²) in [6.45, 7) is -0.569. The van der Waals surface area contributed by atoms with Crippen LogP contribution in [0.1, 0.15) is 10.6 Å². The van der Waals surface area contributed by atoms with Crippen molar-refractivity contribution in [3.63, 3.8) is 0 Å². The Morgan fingerprint density at radius 2 is 1.89 bits per heavy atom. The topological polar surface area (TPSA) is 55.1 Å². The molecular weight excluding hydrogens is 384 g/mol. The first kappa shape index (κ1) is 17.5. The second kappa shape index (κ2) is 6.34. The fourth-order valence-corrected chi connectivity index (χ4v) is 4.03. The van der Waals surface area contributed by atoms with Crippen LogP contribution in [0.25, 0.3) is 21.1 Å². The van der Waals surface area contributed by atoms with E-state index in [1.807, 2.05) is 0 Å². The summed E-state index contributed by atoms with van der Waals surface area (Å²) in [5, 5.41) is 9.68. The molecule has 138 valence electrons. The van der Waals surface area contributed by atoms with E-state index in [2.05, 4.69) is 4.98 Å². The van der Waals surface area contributed by atoms with Gasteiger partial charge in [-0.05, 0) is 6.07 Å². The third kappa shape index (κ3) is 2.84. The van der Waals surface area contributed by atoms with Gasteiger partial charge in [0.25, 0.3) is 0 Å². The molecule has 0 fully saturated rings. The highest BCUT2D eigenvalue weighted by Gasteiger charge is 2.22. The van der Waals surface area contributed by atoms with Crippen LogP contribution in [-0.4, -0.2) is 20.6 Å². The number of fused-ring (bicyclic) bond motifs is 2. The number of aliphatic carboxylic acids is 1. The number of hydrogen-bond donors (Lipinski definition) is 1. The number of benzene rings is 2. The SMILES string of the molecule is O=C(O)Cn1c(F)c(Cc2nc3c(F)c(F)cc(F)c3s2)c2ccccc21. The fourth-order valence-electron chi connectivity index (χ4n) is 3.06. The molecule has 0 unspecified atom stereocenters. The number of hydrogen-bond acceptors (Lipinski definition) is 3. The molecule has 0 spiro atoms. The van der Waals surface area contributed by atoms with Crippen molar-refractivity contribution in [2.75, 3.05) is 0 Å². The Hall–Kier alpha value is -2.94. The van der Waals surface area contributed by atoms with Crippen LogP contribution < -0.4 is 0 Å². The number of carboxylic acid groups (broad SMARTS) is 1. The van der Waals surface area contributed by atoms with Gasteiger partial charge in [0.15, 0.2) is 17.6 Å². The first-order valence-corrected chi connectivity index (χ1v) is 8.58. The van der Waals surface area contributed by atoms with E-state index in [4.69, 9.17) is 5.11 Å². The van der Waals surface area contributed by atoms with Crippen molar-refractivity contribution in [2.45, 2.75) is 13.0 Å². The van der Waals surface area contributed by atoms with E-state index >= 15 is 0 Å². The Morgan fingerprint density at radius 1 is 1.15 bits per heavy atom. The van der Waals surface area contributed by atoms with E-state index in [0.29, 0.717) is 17.0 Å².